The minimum Gasteiger partial charge on any atom is -0.480 e. The SMILES string of the molecule is CC[C@@](N)(CCC1CCCCC1)C(=O)O. The van der Waals surface area contributed by atoms with Crippen LogP contribution in [0.4, 0.5) is 0 Å². The molecule has 0 saturated heterocycles. The third kappa shape index (κ3) is 3.49. The van der Waals surface area contributed by atoms with E-state index in [2.05, 4.69) is 0 Å². The van der Waals surface area contributed by atoms with E-state index in [1.807, 2.05) is 6.92 Å². The number of rotatable bonds is 5. The molecular formula is C12H23NO2. The van der Waals surface area contributed by atoms with E-state index >= 15 is 0 Å². The molecule has 0 amide bonds. The van der Waals surface area contributed by atoms with Crippen molar-refractivity contribution in [1.29, 1.82) is 0 Å². The van der Waals surface area contributed by atoms with Gasteiger partial charge in [-0.3, -0.25) is 4.79 Å². The summed E-state index contributed by atoms with van der Waals surface area (Å²) in [6.45, 7) is 1.86. The van der Waals surface area contributed by atoms with E-state index in [1.165, 1.54) is 32.1 Å². The zero-order valence-electron chi connectivity index (χ0n) is 9.67. The molecule has 1 aliphatic rings. The molecule has 0 aromatic carbocycles. The van der Waals surface area contributed by atoms with Crippen LogP contribution in [-0.2, 0) is 4.79 Å². The zero-order valence-corrected chi connectivity index (χ0v) is 9.67. The van der Waals surface area contributed by atoms with Gasteiger partial charge < -0.3 is 10.8 Å². The standard InChI is InChI=1S/C12H23NO2/c1-2-12(13,11(14)15)9-8-10-6-4-3-5-7-10/h10H,2-9,13H2,1H3,(H,14,15)/t12-/m1/s1. The molecule has 1 atom stereocenters. The molecule has 0 radical (unpaired) electrons. The lowest BCUT2D eigenvalue weighted by atomic mass is 9.81. The Morgan fingerprint density at radius 3 is 2.47 bits per heavy atom. The molecule has 3 heteroatoms. The molecule has 0 aromatic rings. The minimum absolute atomic E-state index is 0.523. The van der Waals surface area contributed by atoms with Gasteiger partial charge in [-0.2, -0.15) is 0 Å². The van der Waals surface area contributed by atoms with E-state index in [0.29, 0.717) is 18.8 Å². The Hall–Kier alpha value is -0.570. The third-order valence-electron chi connectivity index (χ3n) is 3.78. The summed E-state index contributed by atoms with van der Waals surface area (Å²) >= 11 is 0. The number of carbonyl (C=O) groups is 1. The highest BCUT2D eigenvalue weighted by Crippen LogP contribution is 2.29. The lowest BCUT2D eigenvalue weighted by Gasteiger charge is -2.27. The second-order valence-electron chi connectivity index (χ2n) is 4.86. The first kappa shape index (κ1) is 12.5. The molecule has 0 aliphatic heterocycles. The van der Waals surface area contributed by atoms with Gasteiger partial charge in [-0.05, 0) is 25.2 Å². The van der Waals surface area contributed by atoms with E-state index in [4.69, 9.17) is 10.8 Å². The van der Waals surface area contributed by atoms with Gasteiger partial charge in [0.15, 0.2) is 0 Å². The van der Waals surface area contributed by atoms with Crippen LogP contribution in [0.2, 0.25) is 0 Å². The van der Waals surface area contributed by atoms with E-state index in [-0.39, 0.29) is 0 Å². The maximum atomic E-state index is 11.0. The van der Waals surface area contributed by atoms with Gasteiger partial charge in [-0.25, -0.2) is 0 Å². The fraction of sp³-hybridized carbons (Fsp3) is 0.917. The van der Waals surface area contributed by atoms with Crippen LogP contribution in [0.5, 0.6) is 0 Å². The predicted octanol–water partition coefficient (Wildman–Crippen LogP) is 2.54. The van der Waals surface area contributed by atoms with Crippen molar-refractivity contribution in [1.82, 2.24) is 0 Å². The molecule has 0 bridgehead atoms. The topological polar surface area (TPSA) is 63.3 Å². The second-order valence-corrected chi connectivity index (χ2v) is 4.86. The smallest absolute Gasteiger partial charge is 0.323 e. The van der Waals surface area contributed by atoms with Gasteiger partial charge in [0.2, 0.25) is 0 Å². The first-order valence-corrected chi connectivity index (χ1v) is 6.11. The third-order valence-corrected chi connectivity index (χ3v) is 3.78. The van der Waals surface area contributed by atoms with Crippen LogP contribution >= 0.6 is 0 Å². The molecule has 3 nitrogen and oxygen atoms in total. The van der Waals surface area contributed by atoms with Crippen molar-refractivity contribution in [2.45, 2.75) is 63.8 Å². The highest BCUT2D eigenvalue weighted by atomic mass is 16.4. The highest BCUT2D eigenvalue weighted by molar-refractivity contribution is 5.78. The number of hydrogen-bond acceptors (Lipinski definition) is 2. The molecular weight excluding hydrogens is 190 g/mol. The van der Waals surface area contributed by atoms with Crippen LogP contribution in [0, 0.1) is 5.92 Å². The molecule has 1 aliphatic carbocycles. The van der Waals surface area contributed by atoms with Crippen molar-refractivity contribution in [3.05, 3.63) is 0 Å². The summed E-state index contributed by atoms with van der Waals surface area (Å²) in [6.07, 6.45) is 8.62. The van der Waals surface area contributed by atoms with Gasteiger partial charge in [0.1, 0.15) is 5.54 Å². The summed E-state index contributed by atoms with van der Waals surface area (Å²) in [5.41, 5.74) is 4.87. The molecule has 3 N–H and O–H groups in total. The molecule has 0 aromatic heterocycles. The number of hydrogen-bond donors (Lipinski definition) is 2. The molecule has 88 valence electrons. The molecule has 0 spiro atoms. The van der Waals surface area contributed by atoms with Crippen molar-refractivity contribution >= 4 is 5.97 Å². The average molecular weight is 213 g/mol. The van der Waals surface area contributed by atoms with Gasteiger partial charge in [0.05, 0.1) is 0 Å². The Morgan fingerprint density at radius 1 is 1.40 bits per heavy atom. The quantitative estimate of drug-likeness (QED) is 0.737. The molecule has 1 fully saturated rings. The van der Waals surface area contributed by atoms with Gasteiger partial charge in [0, 0.05) is 0 Å². The first-order chi connectivity index (χ1) is 7.08. The summed E-state index contributed by atoms with van der Waals surface area (Å²) in [7, 11) is 0. The lowest BCUT2D eigenvalue weighted by molar-refractivity contribution is -0.143. The number of carboxylic acids is 1. The average Bonchev–Trinajstić information content (AvgIpc) is 2.27. The van der Waals surface area contributed by atoms with E-state index in [9.17, 15) is 4.79 Å². The van der Waals surface area contributed by atoms with Crippen LogP contribution in [0.3, 0.4) is 0 Å². The maximum absolute atomic E-state index is 11.0. The van der Waals surface area contributed by atoms with Crippen molar-refractivity contribution in [2.24, 2.45) is 11.7 Å². The van der Waals surface area contributed by atoms with Gasteiger partial charge in [-0.1, -0.05) is 39.0 Å². The summed E-state index contributed by atoms with van der Waals surface area (Å²) < 4.78 is 0. The van der Waals surface area contributed by atoms with Gasteiger partial charge in [0.25, 0.3) is 0 Å². The summed E-state index contributed by atoms with van der Waals surface area (Å²) in [5, 5.41) is 9.04. The fourth-order valence-electron chi connectivity index (χ4n) is 2.37. The zero-order chi connectivity index (χ0) is 11.3. The first-order valence-electron chi connectivity index (χ1n) is 6.11. The monoisotopic (exact) mass is 213 g/mol. The second kappa shape index (κ2) is 5.50. The largest absolute Gasteiger partial charge is 0.480 e. The summed E-state index contributed by atoms with van der Waals surface area (Å²) in [4.78, 5) is 11.0. The maximum Gasteiger partial charge on any atom is 0.323 e. The fourth-order valence-corrected chi connectivity index (χ4v) is 2.37. The molecule has 1 rings (SSSR count). The van der Waals surface area contributed by atoms with E-state index in [1.54, 1.807) is 0 Å². The van der Waals surface area contributed by atoms with Crippen LogP contribution in [0.25, 0.3) is 0 Å². The van der Waals surface area contributed by atoms with Crippen molar-refractivity contribution in [2.75, 3.05) is 0 Å². The van der Waals surface area contributed by atoms with Crippen LogP contribution in [-0.4, -0.2) is 16.6 Å². The lowest BCUT2D eigenvalue weighted by Crippen LogP contribution is -2.47. The molecule has 1 saturated carbocycles. The molecule has 0 heterocycles. The van der Waals surface area contributed by atoms with Crippen LogP contribution < -0.4 is 5.73 Å². The Morgan fingerprint density at radius 2 is 2.00 bits per heavy atom. The van der Waals surface area contributed by atoms with E-state index < -0.39 is 11.5 Å². The van der Waals surface area contributed by atoms with Crippen molar-refractivity contribution in [3.8, 4) is 0 Å². The van der Waals surface area contributed by atoms with Crippen molar-refractivity contribution < 1.29 is 9.90 Å². The number of carboxylic acid groups (broad SMARTS) is 1. The number of aliphatic carboxylic acids is 1. The van der Waals surface area contributed by atoms with Gasteiger partial charge >= 0.3 is 5.97 Å². The number of nitrogens with two attached hydrogens (primary N) is 1. The Balaban J connectivity index is 2.36. The highest BCUT2D eigenvalue weighted by Gasteiger charge is 2.32. The Labute approximate surface area is 92.0 Å². The summed E-state index contributed by atoms with van der Waals surface area (Å²) in [5.74, 6) is -0.131. The van der Waals surface area contributed by atoms with Crippen LogP contribution in [0.15, 0.2) is 0 Å². The minimum atomic E-state index is -0.989. The molecule has 15 heavy (non-hydrogen) atoms. The normalized spacial score (nSPS) is 22.3. The van der Waals surface area contributed by atoms with Gasteiger partial charge in [-0.15, -0.1) is 0 Å². The van der Waals surface area contributed by atoms with Crippen molar-refractivity contribution in [3.63, 3.8) is 0 Å². The van der Waals surface area contributed by atoms with E-state index in [0.717, 1.165) is 6.42 Å². The van der Waals surface area contributed by atoms with Crippen LogP contribution in [0.1, 0.15) is 58.3 Å². The predicted molar refractivity (Wildman–Crippen MR) is 60.7 cm³/mol. The summed E-state index contributed by atoms with van der Waals surface area (Å²) in [6, 6.07) is 0. The Kier molecular flexibility index (Phi) is 4.58. The Bertz CT molecular complexity index is 212. The molecule has 0 unspecified atom stereocenters.